The largest absolute Gasteiger partial charge is 0.493 e. The van der Waals surface area contributed by atoms with Crippen molar-refractivity contribution in [1.29, 1.82) is 0 Å². The number of amides is 2. The van der Waals surface area contributed by atoms with E-state index >= 15 is 0 Å². The molecule has 0 bridgehead atoms. The van der Waals surface area contributed by atoms with E-state index in [1.54, 1.807) is 18.1 Å². The van der Waals surface area contributed by atoms with Gasteiger partial charge in [0, 0.05) is 18.7 Å². The molecule has 33 heavy (non-hydrogen) atoms. The molecule has 3 aromatic rings. The Hall–Kier alpha value is -3.80. The second-order valence-electron chi connectivity index (χ2n) is 7.87. The maximum Gasteiger partial charge on any atom is 0.255 e. The van der Waals surface area contributed by atoms with E-state index in [1.165, 1.54) is 0 Å². The highest BCUT2D eigenvalue weighted by Crippen LogP contribution is 2.36. The van der Waals surface area contributed by atoms with E-state index in [4.69, 9.17) is 9.47 Å². The van der Waals surface area contributed by atoms with Gasteiger partial charge in [-0.1, -0.05) is 54.6 Å². The lowest BCUT2D eigenvalue weighted by Crippen LogP contribution is -2.39. The molecule has 1 aliphatic rings. The van der Waals surface area contributed by atoms with Crippen LogP contribution >= 0.6 is 0 Å². The number of carbonyl (C=O) groups excluding carboxylic acids is 2. The number of hydrogen-bond acceptors (Lipinski definition) is 4. The van der Waals surface area contributed by atoms with Gasteiger partial charge in [0.15, 0.2) is 11.5 Å². The van der Waals surface area contributed by atoms with E-state index < -0.39 is 6.04 Å². The number of ether oxygens (including phenoxy) is 2. The van der Waals surface area contributed by atoms with Gasteiger partial charge in [-0.3, -0.25) is 9.59 Å². The van der Waals surface area contributed by atoms with E-state index in [1.807, 2.05) is 73.7 Å². The summed E-state index contributed by atoms with van der Waals surface area (Å²) in [4.78, 5) is 28.1. The first kappa shape index (κ1) is 22.4. The molecule has 6 heteroatoms. The minimum atomic E-state index is -0.679. The molecule has 0 aromatic heterocycles. The van der Waals surface area contributed by atoms with Crippen LogP contribution in [0.2, 0.25) is 0 Å². The fraction of sp³-hybridized carbons (Fsp3) is 0.259. The summed E-state index contributed by atoms with van der Waals surface area (Å²) in [5.74, 6) is 0.918. The van der Waals surface area contributed by atoms with Crippen molar-refractivity contribution in [2.45, 2.75) is 25.9 Å². The summed E-state index contributed by atoms with van der Waals surface area (Å²) >= 11 is 0. The molecule has 1 N–H and O–H groups in total. The second kappa shape index (κ2) is 10.2. The number of hydrogen-bond donors (Lipinski definition) is 1. The Bertz CT molecular complexity index is 1130. The average Bonchev–Trinajstić information content (AvgIpc) is 3.12. The molecule has 6 nitrogen and oxygen atoms in total. The summed E-state index contributed by atoms with van der Waals surface area (Å²) < 4.78 is 11.0. The molecule has 0 fully saturated rings. The fourth-order valence-corrected chi connectivity index (χ4v) is 4.17. The van der Waals surface area contributed by atoms with Crippen molar-refractivity contribution in [2.75, 3.05) is 20.3 Å². The van der Waals surface area contributed by atoms with E-state index in [2.05, 4.69) is 5.32 Å². The summed E-state index contributed by atoms with van der Waals surface area (Å²) in [7, 11) is 1.58. The lowest BCUT2D eigenvalue weighted by Gasteiger charge is -2.25. The van der Waals surface area contributed by atoms with Crippen molar-refractivity contribution in [1.82, 2.24) is 10.2 Å². The zero-order valence-corrected chi connectivity index (χ0v) is 18.9. The molecule has 3 aromatic carbocycles. The Morgan fingerprint density at radius 3 is 2.48 bits per heavy atom. The smallest absolute Gasteiger partial charge is 0.255 e. The molecule has 2 amide bonds. The number of rotatable bonds is 9. The molecule has 1 aliphatic heterocycles. The molecule has 0 aliphatic carbocycles. The fourth-order valence-electron chi connectivity index (χ4n) is 4.17. The maximum atomic E-state index is 13.3. The van der Waals surface area contributed by atoms with Gasteiger partial charge < -0.3 is 19.7 Å². The summed E-state index contributed by atoms with van der Waals surface area (Å²) in [5, 5.41) is 3.02. The van der Waals surface area contributed by atoms with Gasteiger partial charge in [-0.25, -0.2) is 0 Å². The third-order valence-electron chi connectivity index (χ3n) is 5.74. The quantitative estimate of drug-likeness (QED) is 0.538. The minimum Gasteiger partial charge on any atom is -0.493 e. The number of nitrogens with one attached hydrogen (secondary N) is 1. The number of benzene rings is 3. The highest BCUT2D eigenvalue weighted by molar-refractivity contribution is 6.04. The number of nitrogens with zero attached hydrogens (tertiary/aromatic N) is 1. The first-order valence-electron chi connectivity index (χ1n) is 11.1. The van der Waals surface area contributed by atoms with Crippen LogP contribution in [0.1, 0.15) is 40.0 Å². The van der Waals surface area contributed by atoms with Gasteiger partial charge in [0.05, 0.1) is 13.7 Å². The average molecular weight is 445 g/mol. The van der Waals surface area contributed by atoms with Crippen LogP contribution in [0.5, 0.6) is 11.5 Å². The lowest BCUT2D eigenvalue weighted by atomic mass is 10.0. The van der Waals surface area contributed by atoms with Crippen LogP contribution in [-0.2, 0) is 17.8 Å². The van der Waals surface area contributed by atoms with Crippen LogP contribution in [0.4, 0.5) is 0 Å². The molecular weight excluding hydrogens is 416 g/mol. The van der Waals surface area contributed by atoms with Crippen LogP contribution in [0.25, 0.3) is 0 Å². The highest BCUT2D eigenvalue weighted by atomic mass is 16.5. The van der Waals surface area contributed by atoms with Crippen LogP contribution in [0, 0.1) is 0 Å². The maximum absolute atomic E-state index is 13.3. The van der Waals surface area contributed by atoms with Gasteiger partial charge in [-0.05, 0) is 48.2 Å². The molecular formula is C27H28N2O4. The third kappa shape index (κ3) is 4.85. The highest BCUT2D eigenvalue weighted by Gasteiger charge is 2.40. The van der Waals surface area contributed by atoms with Crippen molar-refractivity contribution in [3.8, 4) is 11.5 Å². The number of methoxy groups -OCH3 is 1. The Kier molecular flexibility index (Phi) is 6.93. The van der Waals surface area contributed by atoms with E-state index in [0.29, 0.717) is 30.2 Å². The first-order chi connectivity index (χ1) is 16.1. The van der Waals surface area contributed by atoms with Crippen LogP contribution < -0.4 is 14.8 Å². The minimum absolute atomic E-state index is 0.151. The normalized spacial score (nSPS) is 14.7. The van der Waals surface area contributed by atoms with Crippen molar-refractivity contribution in [3.63, 3.8) is 0 Å². The second-order valence-corrected chi connectivity index (χ2v) is 7.87. The molecule has 0 saturated carbocycles. The van der Waals surface area contributed by atoms with Crippen LogP contribution in [0.15, 0.2) is 72.8 Å². The summed E-state index contributed by atoms with van der Waals surface area (Å²) in [6.07, 6.45) is 0.727. The zero-order chi connectivity index (χ0) is 23.2. The van der Waals surface area contributed by atoms with Crippen molar-refractivity contribution in [3.05, 3.63) is 95.1 Å². The van der Waals surface area contributed by atoms with E-state index in [0.717, 1.165) is 23.1 Å². The molecule has 170 valence electrons. The standard InChI is InChI=1S/C27H28N2O4/c1-3-33-23-14-13-20(17-24(23)32-2)18-29-25(21-11-7-8-12-22(21)27(29)31)26(30)28-16-15-19-9-5-4-6-10-19/h4-14,17,25H,3,15-16,18H2,1-2H3,(H,28,30)/t25-/m0/s1. The van der Waals surface area contributed by atoms with Crippen molar-refractivity contribution in [2.24, 2.45) is 0 Å². The molecule has 0 spiro atoms. The van der Waals surface area contributed by atoms with Gasteiger partial charge in [-0.15, -0.1) is 0 Å². The third-order valence-corrected chi connectivity index (χ3v) is 5.74. The number of carbonyl (C=O) groups is 2. The first-order valence-corrected chi connectivity index (χ1v) is 11.1. The van der Waals surface area contributed by atoms with Gasteiger partial charge in [0.1, 0.15) is 6.04 Å². The van der Waals surface area contributed by atoms with Crippen LogP contribution in [0.3, 0.4) is 0 Å². The Morgan fingerprint density at radius 2 is 1.73 bits per heavy atom. The predicted octanol–water partition coefficient (Wildman–Crippen LogP) is 4.15. The Balaban J connectivity index is 1.54. The van der Waals surface area contributed by atoms with Crippen molar-refractivity contribution >= 4 is 11.8 Å². The van der Waals surface area contributed by atoms with Gasteiger partial charge in [0.2, 0.25) is 5.91 Å². The molecule has 1 atom stereocenters. The molecule has 4 rings (SSSR count). The molecule has 0 unspecified atom stereocenters. The van der Waals surface area contributed by atoms with Gasteiger partial charge in [-0.2, -0.15) is 0 Å². The molecule has 0 radical (unpaired) electrons. The monoisotopic (exact) mass is 444 g/mol. The Labute approximate surface area is 194 Å². The number of fused-ring (bicyclic) bond motifs is 1. The Morgan fingerprint density at radius 1 is 0.970 bits per heavy atom. The summed E-state index contributed by atoms with van der Waals surface area (Å²) in [6, 6.07) is 22.2. The zero-order valence-electron chi connectivity index (χ0n) is 18.9. The topological polar surface area (TPSA) is 67.9 Å². The van der Waals surface area contributed by atoms with Gasteiger partial charge >= 0.3 is 0 Å². The predicted molar refractivity (Wildman–Crippen MR) is 126 cm³/mol. The lowest BCUT2D eigenvalue weighted by molar-refractivity contribution is -0.125. The van der Waals surface area contributed by atoms with Crippen molar-refractivity contribution < 1.29 is 19.1 Å². The van der Waals surface area contributed by atoms with E-state index in [-0.39, 0.29) is 18.4 Å². The summed E-state index contributed by atoms with van der Waals surface area (Å²) in [5.41, 5.74) is 3.31. The SMILES string of the molecule is CCOc1ccc(CN2C(=O)c3ccccc3[C@H]2C(=O)NCCc2ccccc2)cc1OC. The van der Waals surface area contributed by atoms with Gasteiger partial charge in [0.25, 0.3) is 5.91 Å². The summed E-state index contributed by atoms with van der Waals surface area (Å²) in [6.45, 7) is 3.23. The molecule has 0 saturated heterocycles. The van der Waals surface area contributed by atoms with E-state index in [9.17, 15) is 9.59 Å². The van der Waals surface area contributed by atoms with Crippen LogP contribution in [-0.4, -0.2) is 37.0 Å². The molecule has 1 heterocycles.